The van der Waals surface area contributed by atoms with Gasteiger partial charge >= 0.3 is 0 Å². The molecule has 1 heterocycles. The first-order valence-electron chi connectivity index (χ1n) is 5.29. The highest BCUT2D eigenvalue weighted by molar-refractivity contribution is 5.65. The zero-order chi connectivity index (χ0) is 11.7. The topological polar surface area (TPSA) is 42.7 Å². The predicted molar refractivity (Wildman–Crippen MR) is 65.5 cm³/mol. The summed E-state index contributed by atoms with van der Waals surface area (Å²) in [5.74, 6) is 1.68. The second-order valence-electron chi connectivity index (χ2n) is 3.92. The van der Waals surface area contributed by atoms with E-state index in [1.54, 1.807) is 0 Å². The van der Waals surface area contributed by atoms with Crippen LogP contribution in [-0.4, -0.2) is 21.8 Å². The van der Waals surface area contributed by atoms with Gasteiger partial charge in [-0.2, -0.15) is 0 Å². The van der Waals surface area contributed by atoms with Crippen LogP contribution in [0.3, 0.4) is 0 Å². The van der Waals surface area contributed by atoms with Gasteiger partial charge < -0.3 is 5.32 Å². The van der Waals surface area contributed by atoms with Gasteiger partial charge in [-0.05, 0) is 25.0 Å². The smallest absolute Gasteiger partial charge is 0.224 e. The van der Waals surface area contributed by atoms with Crippen LogP contribution >= 0.6 is 0 Å². The van der Waals surface area contributed by atoms with Crippen molar-refractivity contribution in [2.75, 3.05) is 12.4 Å². The highest BCUT2D eigenvalue weighted by atomic mass is 15.3. The summed E-state index contributed by atoms with van der Waals surface area (Å²) in [7, 11) is 3.81. The maximum atomic E-state index is 4.23. The molecule has 2 aromatic rings. The van der Waals surface area contributed by atoms with E-state index in [-0.39, 0.29) is 0 Å². The average molecular weight is 216 g/mol. The Hall–Kier alpha value is -1.84. The molecule has 1 aromatic carbocycles. The van der Waals surface area contributed by atoms with E-state index in [9.17, 15) is 0 Å². The Morgan fingerprint density at radius 2 is 1.75 bits per heavy atom. The molecule has 2 rings (SSSR count). The van der Waals surface area contributed by atoms with Crippen LogP contribution in [0.5, 0.6) is 0 Å². The molecule has 0 atom stereocenters. The molecule has 84 valence electrons. The molecule has 1 N–H and O–H groups in total. The van der Waals surface area contributed by atoms with Gasteiger partial charge in [-0.3, -0.25) is 4.57 Å². The molecule has 0 saturated carbocycles. The van der Waals surface area contributed by atoms with Gasteiger partial charge in [0.05, 0.1) is 0 Å². The van der Waals surface area contributed by atoms with E-state index >= 15 is 0 Å². The lowest BCUT2D eigenvalue weighted by Crippen LogP contribution is -2.01. The molecule has 0 aliphatic rings. The van der Waals surface area contributed by atoms with Gasteiger partial charge in [0, 0.05) is 19.7 Å². The zero-order valence-electron chi connectivity index (χ0n) is 10.1. The van der Waals surface area contributed by atoms with E-state index in [4.69, 9.17) is 0 Å². The maximum Gasteiger partial charge on any atom is 0.224 e. The summed E-state index contributed by atoms with van der Waals surface area (Å²) in [5, 5.41) is 11.3. The quantitative estimate of drug-likeness (QED) is 0.836. The van der Waals surface area contributed by atoms with Crippen LogP contribution in [0, 0.1) is 13.8 Å². The fourth-order valence-corrected chi connectivity index (χ4v) is 1.93. The third-order valence-corrected chi connectivity index (χ3v) is 2.80. The molecule has 0 radical (unpaired) electrons. The summed E-state index contributed by atoms with van der Waals surface area (Å²) in [5.41, 5.74) is 3.61. The molecular formula is C12H16N4. The standard InChI is InChI=1S/C12H16N4/c1-8-6-5-7-9(2)10(8)11-14-15-12(13-3)16(11)4/h5-7H,1-4H3,(H,13,15). The second-order valence-corrected chi connectivity index (χ2v) is 3.92. The van der Waals surface area contributed by atoms with Gasteiger partial charge in [-0.15, -0.1) is 10.2 Å². The molecule has 4 heteroatoms. The van der Waals surface area contributed by atoms with Crippen molar-refractivity contribution in [3.05, 3.63) is 29.3 Å². The first kappa shape index (κ1) is 10.7. The zero-order valence-corrected chi connectivity index (χ0v) is 10.1. The average Bonchev–Trinajstić information content (AvgIpc) is 2.60. The van der Waals surface area contributed by atoms with Gasteiger partial charge in [0.2, 0.25) is 5.95 Å². The minimum Gasteiger partial charge on any atom is -0.357 e. The van der Waals surface area contributed by atoms with Crippen molar-refractivity contribution in [3.8, 4) is 11.4 Å². The van der Waals surface area contributed by atoms with Gasteiger partial charge in [0.15, 0.2) is 5.82 Å². The number of aryl methyl sites for hydroxylation is 2. The minimum atomic E-state index is 0.776. The molecule has 0 fully saturated rings. The van der Waals surface area contributed by atoms with E-state index < -0.39 is 0 Å². The number of anilines is 1. The van der Waals surface area contributed by atoms with Crippen molar-refractivity contribution in [2.45, 2.75) is 13.8 Å². The van der Waals surface area contributed by atoms with E-state index in [1.807, 2.05) is 18.7 Å². The highest BCUT2D eigenvalue weighted by Gasteiger charge is 2.13. The Morgan fingerprint density at radius 1 is 1.12 bits per heavy atom. The van der Waals surface area contributed by atoms with Crippen molar-refractivity contribution in [1.82, 2.24) is 14.8 Å². The largest absolute Gasteiger partial charge is 0.357 e. The fourth-order valence-electron chi connectivity index (χ4n) is 1.93. The van der Waals surface area contributed by atoms with Crippen molar-refractivity contribution in [3.63, 3.8) is 0 Å². The molecule has 16 heavy (non-hydrogen) atoms. The summed E-state index contributed by atoms with van der Waals surface area (Å²) < 4.78 is 1.97. The molecule has 4 nitrogen and oxygen atoms in total. The minimum absolute atomic E-state index is 0.776. The number of nitrogens with one attached hydrogen (secondary N) is 1. The Kier molecular flexibility index (Phi) is 2.64. The lowest BCUT2D eigenvalue weighted by atomic mass is 10.0. The Labute approximate surface area is 95.3 Å². The van der Waals surface area contributed by atoms with E-state index in [0.717, 1.165) is 11.8 Å². The number of benzene rings is 1. The van der Waals surface area contributed by atoms with Crippen LogP contribution in [0.1, 0.15) is 11.1 Å². The molecule has 0 aliphatic carbocycles. The van der Waals surface area contributed by atoms with Crippen LogP contribution in [0.4, 0.5) is 5.95 Å². The number of nitrogens with zero attached hydrogens (tertiary/aromatic N) is 3. The fraction of sp³-hybridized carbons (Fsp3) is 0.333. The van der Waals surface area contributed by atoms with E-state index in [1.165, 1.54) is 16.7 Å². The van der Waals surface area contributed by atoms with Crippen LogP contribution in [0.2, 0.25) is 0 Å². The van der Waals surface area contributed by atoms with E-state index in [2.05, 4.69) is 47.6 Å². The first-order valence-corrected chi connectivity index (χ1v) is 5.29. The molecule has 0 aliphatic heterocycles. The summed E-state index contributed by atoms with van der Waals surface area (Å²) in [6, 6.07) is 6.25. The van der Waals surface area contributed by atoms with Gasteiger partial charge in [-0.25, -0.2) is 0 Å². The lowest BCUT2D eigenvalue weighted by Gasteiger charge is -2.09. The second kappa shape index (κ2) is 3.96. The monoisotopic (exact) mass is 216 g/mol. The SMILES string of the molecule is CNc1nnc(-c2c(C)cccc2C)n1C. The first-order chi connectivity index (χ1) is 7.65. The molecule has 1 aromatic heterocycles. The number of rotatable bonds is 2. The van der Waals surface area contributed by atoms with Gasteiger partial charge in [-0.1, -0.05) is 18.2 Å². The third-order valence-electron chi connectivity index (χ3n) is 2.80. The Morgan fingerprint density at radius 3 is 2.25 bits per heavy atom. The van der Waals surface area contributed by atoms with Crippen LogP contribution in [0.15, 0.2) is 18.2 Å². The van der Waals surface area contributed by atoms with Crippen molar-refractivity contribution < 1.29 is 0 Å². The van der Waals surface area contributed by atoms with Crippen molar-refractivity contribution >= 4 is 5.95 Å². The summed E-state index contributed by atoms with van der Waals surface area (Å²) in [6.07, 6.45) is 0. The van der Waals surface area contributed by atoms with Crippen molar-refractivity contribution in [2.24, 2.45) is 7.05 Å². The Balaban J connectivity index is 2.63. The molecule has 0 unspecified atom stereocenters. The molecule has 0 saturated heterocycles. The lowest BCUT2D eigenvalue weighted by molar-refractivity contribution is 0.922. The summed E-state index contributed by atoms with van der Waals surface area (Å²) in [4.78, 5) is 0. The number of hydrogen-bond donors (Lipinski definition) is 1. The van der Waals surface area contributed by atoms with Crippen LogP contribution in [-0.2, 0) is 7.05 Å². The van der Waals surface area contributed by atoms with Gasteiger partial charge in [0.1, 0.15) is 0 Å². The third kappa shape index (κ3) is 1.56. The Bertz CT molecular complexity index is 493. The van der Waals surface area contributed by atoms with Crippen LogP contribution < -0.4 is 5.32 Å². The number of aromatic nitrogens is 3. The molecular weight excluding hydrogens is 200 g/mol. The molecule has 0 spiro atoms. The molecule has 0 bridgehead atoms. The highest BCUT2D eigenvalue weighted by Crippen LogP contribution is 2.26. The molecule has 0 amide bonds. The predicted octanol–water partition coefficient (Wildman–Crippen LogP) is 2.14. The van der Waals surface area contributed by atoms with Crippen LogP contribution in [0.25, 0.3) is 11.4 Å². The van der Waals surface area contributed by atoms with Gasteiger partial charge in [0.25, 0.3) is 0 Å². The maximum absolute atomic E-state index is 4.23. The summed E-state index contributed by atoms with van der Waals surface area (Å²) >= 11 is 0. The van der Waals surface area contributed by atoms with E-state index in [0.29, 0.717) is 0 Å². The van der Waals surface area contributed by atoms with Crippen molar-refractivity contribution in [1.29, 1.82) is 0 Å². The normalized spacial score (nSPS) is 10.5. The number of hydrogen-bond acceptors (Lipinski definition) is 3. The summed E-state index contributed by atoms with van der Waals surface area (Å²) in [6.45, 7) is 4.19.